The zero-order chi connectivity index (χ0) is 15.4. The number of hydrogen-bond acceptors (Lipinski definition) is 4. The Kier molecular flexibility index (Phi) is 3.88. The lowest BCUT2D eigenvalue weighted by molar-refractivity contribution is 0.415. The minimum atomic E-state index is 0.536. The Bertz CT molecular complexity index is 838. The molecule has 0 bridgehead atoms. The minimum absolute atomic E-state index is 0.536. The smallest absolute Gasteiger partial charge is 0.121 e. The quantitative estimate of drug-likeness (QED) is 0.795. The van der Waals surface area contributed by atoms with E-state index in [1.807, 2.05) is 48.5 Å². The third kappa shape index (κ3) is 2.70. The first kappa shape index (κ1) is 13.9. The van der Waals surface area contributed by atoms with Crippen LogP contribution >= 0.6 is 0 Å². The average molecular weight is 289 g/mol. The van der Waals surface area contributed by atoms with Crippen molar-refractivity contribution in [1.82, 2.24) is 4.98 Å². The van der Waals surface area contributed by atoms with E-state index in [1.54, 1.807) is 13.3 Å². The Morgan fingerprint density at radius 1 is 1.18 bits per heavy atom. The summed E-state index contributed by atoms with van der Waals surface area (Å²) >= 11 is 0. The van der Waals surface area contributed by atoms with E-state index < -0.39 is 0 Å². The van der Waals surface area contributed by atoms with Crippen molar-refractivity contribution in [3.8, 4) is 11.8 Å². The molecule has 0 saturated carbocycles. The second-order valence-electron chi connectivity index (χ2n) is 4.88. The molecule has 0 saturated heterocycles. The van der Waals surface area contributed by atoms with E-state index in [0.29, 0.717) is 12.1 Å². The Hall–Kier alpha value is -3.06. The predicted molar refractivity (Wildman–Crippen MR) is 86.8 cm³/mol. The van der Waals surface area contributed by atoms with Crippen molar-refractivity contribution >= 4 is 16.6 Å². The lowest BCUT2D eigenvalue weighted by atomic mass is 10.1. The van der Waals surface area contributed by atoms with Crippen LogP contribution in [0.4, 0.5) is 5.69 Å². The largest absolute Gasteiger partial charge is 0.497 e. The molecular weight excluding hydrogens is 274 g/mol. The normalized spacial score (nSPS) is 10.2. The van der Waals surface area contributed by atoms with Gasteiger partial charge in [-0.3, -0.25) is 4.98 Å². The highest BCUT2D eigenvalue weighted by molar-refractivity contribution is 5.94. The fraction of sp³-hybridized carbons (Fsp3) is 0.111. The van der Waals surface area contributed by atoms with Gasteiger partial charge in [0.05, 0.1) is 23.9 Å². The van der Waals surface area contributed by atoms with Crippen LogP contribution in [0.25, 0.3) is 10.9 Å². The van der Waals surface area contributed by atoms with Crippen LogP contribution in [0.15, 0.2) is 54.7 Å². The summed E-state index contributed by atoms with van der Waals surface area (Å²) in [5.74, 6) is 0.749. The van der Waals surface area contributed by atoms with Crippen LogP contribution in [0.3, 0.4) is 0 Å². The molecule has 1 heterocycles. The lowest BCUT2D eigenvalue weighted by Crippen LogP contribution is -2.03. The number of nitrogens with zero attached hydrogens (tertiary/aromatic N) is 2. The number of fused-ring (bicyclic) bond motifs is 1. The highest BCUT2D eigenvalue weighted by Crippen LogP contribution is 2.28. The zero-order valence-electron chi connectivity index (χ0n) is 12.2. The van der Waals surface area contributed by atoms with Crippen molar-refractivity contribution in [2.24, 2.45) is 0 Å². The van der Waals surface area contributed by atoms with E-state index in [9.17, 15) is 5.26 Å². The molecule has 3 aromatic rings. The average Bonchev–Trinajstić information content (AvgIpc) is 2.59. The Labute approximate surface area is 129 Å². The maximum absolute atomic E-state index is 9.32. The van der Waals surface area contributed by atoms with Crippen molar-refractivity contribution in [2.45, 2.75) is 6.54 Å². The molecular formula is C18H15N3O. The summed E-state index contributed by atoms with van der Waals surface area (Å²) in [6.07, 6.45) is 1.59. The first-order chi connectivity index (χ1) is 10.8. The first-order valence-electron chi connectivity index (χ1n) is 6.96. The summed E-state index contributed by atoms with van der Waals surface area (Å²) in [5.41, 5.74) is 3.30. The molecule has 1 N–H and O–H groups in total. The number of aromatic nitrogens is 1. The number of anilines is 1. The molecule has 0 aliphatic carbocycles. The van der Waals surface area contributed by atoms with E-state index in [2.05, 4.69) is 16.4 Å². The topological polar surface area (TPSA) is 57.9 Å². The number of benzene rings is 2. The number of hydrogen-bond donors (Lipinski definition) is 1. The fourth-order valence-corrected chi connectivity index (χ4v) is 2.36. The molecule has 1 aromatic heterocycles. The van der Waals surface area contributed by atoms with E-state index in [1.165, 1.54) is 0 Å². The van der Waals surface area contributed by atoms with Crippen LogP contribution in [0.2, 0.25) is 0 Å². The van der Waals surface area contributed by atoms with Gasteiger partial charge in [-0.1, -0.05) is 30.3 Å². The van der Waals surface area contributed by atoms with Crippen molar-refractivity contribution in [3.05, 3.63) is 65.9 Å². The molecule has 0 spiro atoms. The summed E-state index contributed by atoms with van der Waals surface area (Å²) in [7, 11) is 1.62. The highest BCUT2D eigenvalue weighted by atomic mass is 16.5. The van der Waals surface area contributed by atoms with Gasteiger partial charge in [0.25, 0.3) is 0 Å². The number of pyridine rings is 1. The summed E-state index contributed by atoms with van der Waals surface area (Å²) in [6.45, 7) is 0.653. The first-order valence-corrected chi connectivity index (χ1v) is 6.96. The van der Waals surface area contributed by atoms with Gasteiger partial charge in [-0.2, -0.15) is 5.26 Å². The molecule has 108 valence electrons. The standard InChI is InChI=1S/C18H15N3O/c1-22-15-7-8-16-17(9-15)20-12-14(10-19)18(16)21-11-13-5-3-2-4-6-13/h2-9,12H,11H2,1H3,(H,20,21). The molecule has 0 fully saturated rings. The Morgan fingerprint density at radius 2 is 2.00 bits per heavy atom. The number of ether oxygens (including phenoxy) is 1. The maximum atomic E-state index is 9.32. The van der Waals surface area contributed by atoms with Gasteiger partial charge in [0.2, 0.25) is 0 Å². The summed E-state index contributed by atoms with van der Waals surface area (Å²) in [5, 5.41) is 13.6. The summed E-state index contributed by atoms with van der Waals surface area (Å²) in [6, 6.07) is 17.9. The zero-order valence-corrected chi connectivity index (χ0v) is 12.2. The van der Waals surface area contributed by atoms with Gasteiger partial charge in [0.1, 0.15) is 11.8 Å². The highest BCUT2D eigenvalue weighted by Gasteiger charge is 2.09. The molecule has 2 aromatic carbocycles. The van der Waals surface area contributed by atoms with E-state index >= 15 is 0 Å². The molecule has 22 heavy (non-hydrogen) atoms. The third-order valence-corrected chi connectivity index (χ3v) is 3.51. The Morgan fingerprint density at radius 3 is 2.73 bits per heavy atom. The Balaban J connectivity index is 2.00. The van der Waals surface area contributed by atoms with Gasteiger partial charge in [-0.15, -0.1) is 0 Å². The second-order valence-corrected chi connectivity index (χ2v) is 4.88. The maximum Gasteiger partial charge on any atom is 0.121 e. The number of nitriles is 1. The number of nitrogens with one attached hydrogen (secondary N) is 1. The van der Waals surface area contributed by atoms with Crippen molar-refractivity contribution in [1.29, 1.82) is 5.26 Å². The molecule has 0 atom stereocenters. The van der Waals surface area contributed by atoms with Crippen LogP contribution in [0.1, 0.15) is 11.1 Å². The van der Waals surface area contributed by atoms with Gasteiger partial charge in [0, 0.05) is 24.2 Å². The summed E-state index contributed by atoms with van der Waals surface area (Å²) in [4.78, 5) is 4.33. The van der Waals surface area contributed by atoms with E-state index in [0.717, 1.165) is 27.9 Å². The van der Waals surface area contributed by atoms with Gasteiger partial charge < -0.3 is 10.1 Å². The molecule has 0 radical (unpaired) electrons. The van der Waals surface area contributed by atoms with Crippen LogP contribution in [-0.2, 0) is 6.54 Å². The van der Waals surface area contributed by atoms with Crippen LogP contribution in [0, 0.1) is 11.3 Å². The van der Waals surface area contributed by atoms with E-state index in [4.69, 9.17) is 4.74 Å². The third-order valence-electron chi connectivity index (χ3n) is 3.51. The number of methoxy groups -OCH3 is 1. The summed E-state index contributed by atoms with van der Waals surface area (Å²) < 4.78 is 5.22. The van der Waals surface area contributed by atoms with Crippen molar-refractivity contribution in [2.75, 3.05) is 12.4 Å². The molecule has 0 aliphatic rings. The number of rotatable bonds is 4. The van der Waals surface area contributed by atoms with Gasteiger partial charge >= 0.3 is 0 Å². The van der Waals surface area contributed by atoms with Crippen LogP contribution in [-0.4, -0.2) is 12.1 Å². The molecule has 4 heteroatoms. The van der Waals surface area contributed by atoms with Crippen molar-refractivity contribution in [3.63, 3.8) is 0 Å². The molecule has 0 amide bonds. The predicted octanol–water partition coefficient (Wildman–Crippen LogP) is 3.73. The van der Waals surface area contributed by atoms with Crippen LogP contribution in [0.5, 0.6) is 5.75 Å². The SMILES string of the molecule is COc1ccc2c(NCc3ccccc3)c(C#N)cnc2c1. The fourth-order valence-electron chi connectivity index (χ4n) is 2.36. The van der Waals surface area contributed by atoms with Gasteiger partial charge in [0.15, 0.2) is 0 Å². The second kappa shape index (κ2) is 6.15. The molecule has 0 aliphatic heterocycles. The van der Waals surface area contributed by atoms with Crippen LogP contribution < -0.4 is 10.1 Å². The molecule has 0 unspecified atom stereocenters. The van der Waals surface area contributed by atoms with E-state index in [-0.39, 0.29) is 0 Å². The molecule has 4 nitrogen and oxygen atoms in total. The van der Waals surface area contributed by atoms with Gasteiger partial charge in [-0.05, 0) is 17.7 Å². The monoisotopic (exact) mass is 289 g/mol. The minimum Gasteiger partial charge on any atom is -0.497 e. The van der Waals surface area contributed by atoms with Gasteiger partial charge in [-0.25, -0.2) is 0 Å². The lowest BCUT2D eigenvalue weighted by Gasteiger charge is -2.12. The van der Waals surface area contributed by atoms with Crippen molar-refractivity contribution < 1.29 is 4.74 Å². The molecule has 3 rings (SSSR count).